The number of fused-ring (bicyclic) bond motifs is 2. The lowest BCUT2D eigenvalue weighted by atomic mass is 9.89. The predicted octanol–water partition coefficient (Wildman–Crippen LogP) is 2.69. The van der Waals surface area contributed by atoms with Gasteiger partial charge < -0.3 is 5.11 Å². The van der Waals surface area contributed by atoms with Gasteiger partial charge in [-0.15, -0.1) is 0 Å². The molecule has 3 atom stereocenters. The van der Waals surface area contributed by atoms with Crippen molar-refractivity contribution in [3.05, 3.63) is 38.9 Å². The summed E-state index contributed by atoms with van der Waals surface area (Å²) in [6, 6.07) is 4.69. The second-order valence-corrected chi connectivity index (χ2v) is 6.12. The lowest BCUT2D eigenvalue weighted by molar-refractivity contribution is -0.385. The lowest BCUT2D eigenvalue weighted by Gasteiger charge is -2.22. The molecular weight excluding hydrogens is 296 g/mol. The fourth-order valence-corrected chi connectivity index (χ4v) is 3.86. The van der Waals surface area contributed by atoms with E-state index >= 15 is 0 Å². The fourth-order valence-electron chi connectivity index (χ4n) is 3.67. The van der Waals surface area contributed by atoms with Crippen LogP contribution in [-0.2, 0) is 11.3 Å². The molecule has 6 nitrogen and oxygen atoms in total. The highest BCUT2D eigenvalue weighted by molar-refractivity contribution is 6.30. The van der Waals surface area contributed by atoms with Crippen LogP contribution >= 0.6 is 11.6 Å². The number of nitrogens with zero attached hydrogens (tertiary/aromatic N) is 2. The van der Waals surface area contributed by atoms with Gasteiger partial charge in [-0.1, -0.05) is 11.6 Å². The van der Waals surface area contributed by atoms with E-state index in [4.69, 9.17) is 11.6 Å². The quantitative estimate of drug-likeness (QED) is 0.683. The number of nitro groups is 1. The molecule has 3 rings (SSSR count). The first-order chi connectivity index (χ1) is 9.97. The van der Waals surface area contributed by atoms with Crippen LogP contribution in [0.25, 0.3) is 0 Å². The highest BCUT2D eigenvalue weighted by atomic mass is 35.5. The summed E-state index contributed by atoms with van der Waals surface area (Å²) in [5.41, 5.74) is 0.591. The molecule has 0 aromatic heterocycles. The van der Waals surface area contributed by atoms with Gasteiger partial charge in [0, 0.05) is 35.3 Å². The highest BCUT2D eigenvalue weighted by Gasteiger charge is 2.49. The maximum absolute atomic E-state index is 11.3. The average molecular weight is 311 g/mol. The van der Waals surface area contributed by atoms with Crippen LogP contribution in [0.5, 0.6) is 0 Å². The predicted molar refractivity (Wildman–Crippen MR) is 76.2 cm³/mol. The molecule has 21 heavy (non-hydrogen) atoms. The van der Waals surface area contributed by atoms with Crippen molar-refractivity contribution in [3.63, 3.8) is 0 Å². The molecule has 0 aliphatic carbocycles. The maximum Gasteiger partial charge on any atom is 0.308 e. The van der Waals surface area contributed by atoms with Gasteiger partial charge in [-0.25, -0.2) is 0 Å². The molecule has 0 radical (unpaired) electrons. The Kier molecular flexibility index (Phi) is 3.59. The van der Waals surface area contributed by atoms with Crippen molar-refractivity contribution in [2.75, 3.05) is 0 Å². The Morgan fingerprint density at radius 1 is 1.48 bits per heavy atom. The first-order valence-electron chi connectivity index (χ1n) is 6.88. The first-order valence-corrected chi connectivity index (χ1v) is 7.26. The first kappa shape index (κ1) is 14.3. The highest BCUT2D eigenvalue weighted by Crippen LogP contribution is 2.43. The minimum atomic E-state index is -0.771. The number of carboxylic acid groups (broad SMARTS) is 1. The van der Waals surface area contributed by atoms with Gasteiger partial charge >= 0.3 is 5.97 Å². The van der Waals surface area contributed by atoms with E-state index in [1.165, 1.54) is 12.1 Å². The fraction of sp³-hybridized carbons (Fsp3) is 0.500. The largest absolute Gasteiger partial charge is 0.481 e. The Morgan fingerprint density at radius 2 is 2.24 bits per heavy atom. The Morgan fingerprint density at radius 3 is 2.86 bits per heavy atom. The van der Waals surface area contributed by atoms with Crippen LogP contribution < -0.4 is 0 Å². The van der Waals surface area contributed by atoms with E-state index in [1.807, 2.05) is 0 Å². The summed E-state index contributed by atoms with van der Waals surface area (Å²) >= 11 is 5.94. The Hall–Kier alpha value is -1.66. The van der Waals surface area contributed by atoms with Crippen LogP contribution in [0.1, 0.15) is 24.8 Å². The molecule has 0 saturated carbocycles. The number of halogens is 1. The second kappa shape index (κ2) is 5.27. The molecular formula is C14H15ClN2O4. The molecule has 2 aliphatic heterocycles. The normalized spacial score (nSPS) is 28.0. The summed E-state index contributed by atoms with van der Waals surface area (Å²) in [7, 11) is 0. The van der Waals surface area contributed by atoms with E-state index in [2.05, 4.69) is 4.90 Å². The van der Waals surface area contributed by atoms with Gasteiger partial charge in [-0.2, -0.15) is 0 Å². The maximum atomic E-state index is 11.3. The third-order valence-electron chi connectivity index (χ3n) is 4.59. The zero-order valence-corrected chi connectivity index (χ0v) is 12.0. The molecule has 3 unspecified atom stereocenters. The lowest BCUT2D eigenvalue weighted by Crippen LogP contribution is -2.32. The summed E-state index contributed by atoms with van der Waals surface area (Å²) in [6.45, 7) is 0.385. The summed E-state index contributed by atoms with van der Waals surface area (Å²) < 4.78 is 0. The molecule has 2 bridgehead atoms. The Balaban J connectivity index is 1.86. The number of hydrogen-bond donors (Lipinski definition) is 1. The molecule has 2 fully saturated rings. The van der Waals surface area contributed by atoms with Gasteiger partial charge in [0.05, 0.1) is 10.8 Å². The van der Waals surface area contributed by atoms with Crippen molar-refractivity contribution < 1.29 is 14.8 Å². The van der Waals surface area contributed by atoms with Crippen molar-refractivity contribution >= 4 is 23.3 Å². The van der Waals surface area contributed by atoms with E-state index in [0.29, 0.717) is 23.6 Å². The van der Waals surface area contributed by atoms with Gasteiger partial charge in [0.1, 0.15) is 0 Å². The minimum Gasteiger partial charge on any atom is -0.481 e. The van der Waals surface area contributed by atoms with Gasteiger partial charge in [0.15, 0.2) is 0 Å². The second-order valence-electron chi connectivity index (χ2n) is 5.68. The van der Waals surface area contributed by atoms with Crippen molar-refractivity contribution in [2.24, 2.45) is 5.92 Å². The minimum absolute atomic E-state index is 0.0221. The van der Waals surface area contributed by atoms with Gasteiger partial charge in [-0.3, -0.25) is 19.8 Å². The molecule has 2 heterocycles. The van der Waals surface area contributed by atoms with Crippen LogP contribution in [0.15, 0.2) is 18.2 Å². The van der Waals surface area contributed by atoms with E-state index in [0.717, 1.165) is 12.8 Å². The number of aliphatic carboxylic acids is 1. The third kappa shape index (κ3) is 2.49. The Bertz CT molecular complexity index is 607. The summed E-state index contributed by atoms with van der Waals surface area (Å²) in [6.07, 6.45) is 2.44. The van der Waals surface area contributed by atoms with Crippen molar-refractivity contribution in [2.45, 2.75) is 37.9 Å². The number of rotatable bonds is 4. The van der Waals surface area contributed by atoms with Crippen LogP contribution in [0.2, 0.25) is 5.02 Å². The van der Waals surface area contributed by atoms with E-state index < -0.39 is 10.9 Å². The van der Waals surface area contributed by atoms with Crippen LogP contribution in [0.3, 0.4) is 0 Å². The third-order valence-corrected chi connectivity index (χ3v) is 4.82. The summed E-state index contributed by atoms with van der Waals surface area (Å²) in [5, 5.41) is 20.8. The standard InChI is InChI=1S/C14H15ClN2O4/c15-9-1-3-12(17(20)21)8(5-9)7-16-10-2-4-13(16)11(6-10)14(18)19/h1,3,5,10-11,13H,2,4,6-7H2,(H,18,19). The van der Waals surface area contributed by atoms with E-state index in [1.54, 1.807) is 6.07 Å². The molecule has 1 aromatic rings. The van der Waals surface area contributed by atoms with Gasteiger partial charge in [0.25, 0.3) is 5.69 Å². The number of hydrogen-bond acceptors (Lipinski definition) is 4. The zero-order chi connectivity index (χ0) is 15.1. The average Bonchev–Trinajstić information content (AvgIpc) is 2.95. The van der Waals surface area contributed by atoms with Crippen LogP contribution in [-0.4, -0.2) is 33.0 Å². The summed E-state index contributed by atoms with van der Waals surface area (Å²) in [4.78, 5) is 24.0. The summed E-state index contributed by atoms with van der Waals surface area (Å²) in [5.74, 6) is -1.13. The SMILES string of the molecule is O=C(O)C1CC2CCC1N2Cc1cc(Cl)ccc1[N+](=O)[O-]. The molecule has 1 aromatic carbocycles. The topological polar surface area (TPSA) is 83.7 Å². The molecule has 1 N–H and O–H groups in total. The van der Waals surface area contributed by atoms with E-state index in [-0.39, 0.29) is 23.7 Å². The van der Waals surface area contributed by atoms with Crippen molar-refractivity contribution in [1.82, 2.24) is 4.90 Å². The van der Waals surface area contributed by atoms with Crippen molar-refractivity contribution in [3.8, 4) is 0 Å². The van der Waals surface area contributed by atoms with Crippen molar-refractivity contribution in [1.29, 1.82) is 0 Å². The molecule has 0 amide bonds. The molecule has 0 spiro atoms. The number of nitro benzene ring substituents is 1. The van der Waals surface area contributed by atoms with Crippen LogP contribution in [0.4, 0.5) is 5.69 Å². The zero-order valence-electron chi connectivity index (χ0n) is 11.2. The Labute approximate surface area is 126 Å². The van der Waals surface area contributed by atoms with Gasteiger partial charge in [-0.05, 0) is 31.4 Å². The number of carbonyl (C=O) groups is 1. The smallest absolute Gasteiger partial charge is 0.308 e. The molecule has 2 aliphatic rings. The number of benzene rings is 1. The van der Waals surface area contributed by atoms with Crippen LogP contribution in [0, 0.1) is 16.0 Å². The van der Waals surface area contributed by atoms with Gasteiger partial charge in [0.2, 0.25) is 0 Å². The monoisotopic (exact) mass is 310 g/mol. The molecule has 112 valence electrons. The molecule has 7 heteroatoms. The number of carboxylic acids is 1. The van der Waals surface area contributed by atoms with E-state index in [9.17, 15) is 20.0 Å². The molecule has 2 saturated heterocycles.